The fraction of sp³-hybridized carbons (Fsp3) is 0.409. The number of nitrogens with two attached hydrogens (primary N) is 1. The number of carbonyl (C=O) groups is 1. The van der Waals surface area contributed by atoms with E-state index in [0.717, 1.165) is 11.1 Å². The number of methoxy groups -OCH3 is 1. The molecule has 2 aromatic carbocycles. The maximum Gasteiger partial charge on any atom is 0.339 e. The van der Waals surface area contributed by atoms with Gasteiger partial charge in [0.25, 0.3) is 0 Å². The molecule has 7 heteroatoms. The van der Waals surface area contributed by atoms with Crippen LogP contribution >= 0.6 is 27.5 Å². The van der Waals surface area contributed by atoms with Gasteiger partial charge in [-0.25, -0.2) is 4.79 Å². The SMILES string of the molecule is COC(=O)C(OC(C)(C)C)c1c(C)c(N)c(OCc2ccc(Cl)cc2)c(C)c1Br. The van der Waals surface area contributed by atoms with Crippen molar-refractivity contribution in [2.75, 3.05) is 12.8 Å². The van der Waals surface area contributed by atoms with Crippen molar-refractivity contribution in [2.24, 2.45) is 0 Å². The van der Waals surface area contributed by atoms with E-state index in [1.807, 2.05) is 58.9 Å². The highest BCUT2D eigenvalue weighted by Gasteiger charge is 2.33. The van der Waals surface area contributed by atoms with Gasteiger partial charge in [-0.2, -0.15) is 0 Å². The van der Waals surface area contributed by atoms with E-state index < -0.39 is 17.7 Å². The van der Waals surface area contributed by atoms with Crippen molar-refractivity contribution in [2.45, 2.75) is 52.9 Å². The number of hydrogen-bond donors (Lipinski definition) is 1. The molecule has 5 nitrogen and oxygen atoms in total. The van der Waals surface area contributed by atoms with E-state index in [4.69, 9.17) is 31.5 Å². The molecule has 158 valence electrons. The molecule has 29 heavy (non-hydrogen) atoms. The molecule has 0 fully saturated rings. The van der Waals surface area contributed by atoms with Crippen molar-refractivity contribution >= 4 is 39.2 Å². The second-order valence-corrected chi connectivity index (χ2v) is 9.00. The van der Waals surface area contributed by atoms with Crippen molar-refractivity contribution in [3.05, 3.63) is 56.0 Å². The molecule has 0 bridgehead atoms. The van der Waals surface area contributed by atoms with Crippen molar-refractivity contribution in [3.8, 4) is 5.75 Å². The molecule has 0 saturated heterocycles. The minimum Gasteiger partial charge on any atom is -0.486 e. The number of benzene rings is 2. The minimum absolute atomic E-state index is 0.340. The standard InChI is InChI=1S/C22H27BrClNO4/c1-12-16(20(21(26)27-6)29-22(3,4)5)17(23)13(2)19(18(12)25)28-11-14-7-9-15(24)10-8-14/h7-10,20H,11,25H2,1-6H3. The Morgan fingerprint density at radius 2 is 1.76 bits per heavy atom. The second-order valence-electron chi connectivity index (χ2n) is 7.77. The van der Waals surface area contributed by atoms with Gasteiger partial charge in [0.1, 0.15) is 12.4 Å². The first-order valence-electron chi connectivity index (χ1n) is 9.17. The first-order chi connectivity index (χ1) is 13.5. The van der Waals surface area contributed by atoms with Gasteiger partial charge < -0.3 is 19.9 Å². The van der Waals surface area contributed by atoms with Crippen LogP contribution in [0.3, 0.4) is 0 Å². The number of halogens is 2. The van der Waals surface area contributed by atoms with Crippen LogP contribution in [-0.2, 0) is 20.9 Å². The van der Waals surface area contributed by atoms with E-state index in [0.29, 0.717) is 38.7 Å². The quantitative estimate of drug-likeness (QED) is 0.408. The average Bonchev–Trinajstić information content (AvgIpc) is 2.65. The summed E-state index contributed by atoms with van der Waals surface area (Å²) in [4.78, 5) is 12.5. The van der Waals surface area contributed by atoms with E-state index in [-0.39, 0.29) is 0 Å². The summed E-state index contributed by atoms with van der Waals surface area (Å²) in [5.41, 5.74) is 9.40. The van der Waals surface area contributed by atoms with Crippen LogP contribution in [0.2, 0.25) is 5.02 Å². The maximum absolute atomic E-state index is 12.5. The molecule has 0 amide bonds. The number of hydrogen-bond acceptors (Lipinski definition) is 5. The summed E-state index contributed by atoms with van der Waals surface area (Å²) < 4.78 is 17.7. The molecule has 0 aliphatic rings. The molecule has 1 atom stereocenters. The van der Waals surface area contributed by atoms with Gasteiger partial charge in [-0.3, -0.25) is 0 Å². The lowest BCUT2D eigenvalue weighted by molar-refractivity contribution is -0.164. The molecule has 2 rings (SSSR count). The number of anilines is 1. The van der Waals surface area contributed by atoms with E-state index in [2.05, 4.69) is 15.9 Å². The van der Waals surface area contributed by atoms with Crippen molar-refractivity contribution in [1.82, 2.24) is 0 Å². The minimum atomic E-state index is -0.916. The first kappa shape index (κ1) is 23.5. The van der Waals surface area contributed by atoms with Gasteiger partial charge >= 0.3 is 5.97 Å². The third kappa shape index (κ3) is 5.65. The highest BCUT2D eigenvalue weighted by Crippen LogP contribution is 2.43. The Bertz CT molecular complexity index is 862. The Morgan fingerprint density at radius 1 is 1.17 bits per heavy atom. The normalized spacial score (nSPS) is 12.6. The fourth-order valence-electron chi connectivity index (χ4n) is 2.90. The van der Waals surface area contributed by atoms with Crippen molar-refractivity contribution in [3.63, 3.8) is 0 Å². The molecule has 2 N–H and O–H groups in total. The van der Waals surface area contributed by atoms with Gasteiger partial charge in [0.2, 0.25) is 0 Å². The highest BCUT2D eigenvalue weighted by molar-refractivity contribution is 9.10. The molecule has 2 aromatic rings. The molecule has 0 aliphatic carbocycles. The van der Waals surface area contributed by atoms with Gasteiger partial charge in [0, 0.05) is 20.6 Å². The Balaban J connectivity index is 2.46. The number of nitrogen functional groups attached to an aromatic ring is 1. The smallest absolute Gasteiger partial charge is 0.339 e. The molecule has 1 unspecified atom stereocenters. The molecule has 0 aromatic heterocycles. The topological polar surface area (TPSA) is 70.8 Å². The van der Waals surface area contributed by atoms with Crippen LogP contribution in [0.4, 0.5) is 5.69 Å². The largest absolute Gasteiger partial charge is 0.486 e. The highest BCUT2D eigenvalue weighted by atomic mass is 79.9. The van der Waals surface area contributed by atoms with Crippen molar-refractivity contribution < 1.29 is 19.0 Å². The molecule has 0 radical (unpaired) electrons. The van der Waals surface area contributed by atoms with E-state index in [1.54, 1.807) is 0 Å². The summed E-state index contributed by atoms with van der Waals surface area (Å²) in [7, 11) is 1.34. The Hall–Kier alpha value is -1.76. The van der Waals surface area contributed by atoms with Crippen molar-refractivity contribution in [1.29, 1.82) is 0 Å². The maximum atomic E-state index is 12.5. The molecular formula is C22H27BrClNO4. The Morgan fingerprint density at radius 3 is 2.28 bits per heavy atom. The van der Waals surface area contributed by atoms with Crippen LogP contribution < -0.4 is 10.5 Å². The van der Waals surface area contributed by atoms with E-state index in [1.165, 1.54) is 7.11 Å². The van der Waals surface area contributed by atoms with Crippen LogP contribution in [0.25, 0.3) is 0 Å². The number of carbonyl (C=O) groups excluding carboxylic acids is 1. The lowest BCUT2D eigenvalue weighted by atomic mass is 9.97. The van der Waals surface area contributed by atoms with Crippen LogP contribution in [0.5, 0.6) is 5.75 Å². The number of esters is 1. The van der Waals surface area contributed by atoms with Crippen LogP contribution in [0.1, 0.15) is 49.1 Å². The Kier molecular flexibility index (Phi) is 7.60. The molecule has 0 heterocycles. The zero-order valence-corrected chi connectivity index (χ0v) is 19.9. The second kappa shape index (κ2) is 9.37. The van der Waals surface area contributed by atoms with Gasteiger partial charge in [0.15, 0.2) is 6.10 Å². The monoisotopic (exact) mass is 483 g/mol. The third-order valence-corrected chi connectivity index (χ3v) is 5.68. The lowest BCUT2D eigenvalue weighted by Crippen LogP contribution is -2.29. The van der Waals surface area contributed by atoms with E-state index >= 15 is 0 Å². The summed E-state index contributed by atoms with van der Waals surface area (Å²) in [6.07, 6.45) is -0.916. The zero-order valence-electron chi connectivity index (χ0n) is 17.6. The van der Waals surface area contributed by atoms with Gasteiger partial charge in [-0.05, 0) is 73.8 Å². The molecule has 0 spiro atoms. The predicted octanol–water partition coefficient (Wildman–Crippen LogP) is 5.91. The van der Waals surface area contributed by atoms with Crippen LogP contribution in [-0.4, -0.2) is 18.7 Å². The molecule has 0 saturated carbocycles. The molecular weight excluding hydrogens is 458 g/mol. The number of rotatable bonds is 6. The lowest BCUT2D eigenvalue weighted by Gasteiger charge is -2.29. The summed E-state index contributed by atoms with van der Waals surface area (Å²) in [5.74, 6) is 0.0739. The Labute approximate surface area is 185 Å². The predicted molar refractivity (Wildman–Crippen MR) is 119 cm³/mol. The van der Waals surface area contributed by atoms with E-state index in [9.17, 15) is 4.79 Å². The van der Waals surface area contributed by atoms with Crippen LogP contribution in [0.15, 0.2) is 28.7 Å². The number of ether oxygens (including phenoxy) is 3. The van der Waals surface area contributed by atoms with Gasteiger partial charge in [0.05, 0.1) is 18.4 Å². The van der Waals surface area contributed by atoms with Gasteiger partial charge in [-0.1, -0.05) is 23.7 Å². The summed E-state index contributed by atoms with van der Waals surface area (Å²) in [6, 6.07) is 7.42. The van der Waals surface area contributed by atoms with Gasteiger partial charge in [-0.15, -0.1) is 0 Å². The summed E-state index contributed by atoms with van der Waals surface area (Å²) in [6.45, 7) is 9.70. The zero-order chi connectivity index (χ0) is 21.9. The fourth-order valence-corrected chi connectivity index (χ4v) is 3.71. The molecule has 0 aliphatic heterocycles. The average molecular weight is 485 g/mol. The third-order valence-electron chi connectivity index (χ3n) is 4.40. The first-order valence-corrected chi connectivity index (χ1v) is 10.3. The summed E-state index contributed by atoms with van der Waals surface area (Å²) >= 11 is 9.55. The summed E-state index contributed by atoms with van der Waals surface area (Å²) in [5, 5.41) is 0.667. The van der Waals surface area contributed by atoms with Crippen LogP contribution in [0, 0.1) is 13.8 Å².